The number of ether oxygens (including phenoxy) is 1. The molecule has 0 amide bonds. The van der Waals surface area contributed by atoms with Gasteiger partial charge < -0.3 is 10.1 Å². The highest BCUT2D eigenvalue weighted by atomic mass is 16.5. The van der Waals surface area contributed by atoms with Gasteiger partial charge in [-0.05, 0) is 26.8 Å². The zero-order valence-corrected chi connectivity index (χ0v) is 10.7. The maximum atomic E-state index is 5.65. The summed E-state index contributed by atoms with van der Waals surface area (Å²) in [5.41, 5.74) is 2.07. The van der Waals surface area contributed by atoms with E-state index in [-0.39, 0.29) is 6.10 Å². The molecule has 0 saturated heterocycles. The molecule has 4 heteroatoms. The van der Waals surface area contributed by atoms with Crippen LogP contribution in [0, 0.1) is 12.8 Å². The molecule has 1 aromatic heterocycles. The Labute approximate surface area is 97.5 Å². The third kappa shape index (κ3) is 3.45. The molecule has 0 bridgehead atoms. The zero-order valence-electron chi connectivity index (χ0n) is 10.7. The van der Waals surface area contributed by atoms with Crippen LogP contribution in [0.3, 0.4) is 0 Å². The van der Waals surface area contributed by atoms with Crippen LogP contribution in [0.5, 0.6) is 6.01 Å². The molecular formula is C12H21N3O. The van der Waals surface area contributed by atoms with E-state index in [4.69, 9.17) is 4.74 Å². The van der Waals surface area contributed by atoms with Crippen molar-refractivity contribution in [2.75, 3.05) is 7.05 Å². The summed E-state index contributed by atoms with van der Waals surface area (Å²) < 4.78 is 5.65. The first-order valence-electron chi connectivity index (χ1n) is 5.68. The van der Waals surface area contributed by atoms with Gasteiger partial charge in [0.25, 0.3) is 0 Å². The Balaban J connectivity index is 2.73. The predicted octanol–water partition coefficient (Wildman–Crippen LogP) is 1.93. The topological polar surface area (TPSA) is 47.0 Å². The van der Waals surface area contributed by atoms with E-state index in [1.807, 2.05) is 27.1 Å². The monoisotopic (exact) mass is 223 g/mol. The zero-order chi connectivity index (χ0) is 12.1. The van der Waals surface area contributed by atoms with Gasteiger partial charge in [-0.15, -0.1) is 0 Å². The van der Waals surface area contributed by atoms with Crippen LogP contribution < -0.4 is 10.1 Å². The highest BCUT2D eigenvalue weighted by molar-refractivity contribution is 5.17. The fourth-order valence-corrected chi connectivity index (χ4v) is 1.19. The molecule has 1 atom stereocenters. The Hall–Kier alpha value is -1.16. The minimum Gasteiger partial charge on any atom is -0.460 e. The lowest BCUT2D eigenvalue weighted by atomic mass is 10.1. The van der Waals surface area contributed by atoms with E-state index in [1.54, 1.807) is 0 Å². The fourth-order valence-electron chi connectivity index (χ4n) is 1.19. The van der Waals surface area contributed by atoms with Gasteiger partial charge in [0, 0.05) is 24.0 Å². The fraction of sp³-hybridized carbons (Fsp3) is 0.667. The Morgan fingerprint density at radius 2 is 2.06 bits per heavy atom. The maximum absolute atomic E-state index is 5.65. The Morgan fingerprint density at radius 3 is 2.56 bits per heavy atom. The number of nitrogens with one attached hydrogen (secondary N) is 1. The van der Waals surface area contributed by atoms with Crippen LogP contribution in [0.4, 0.5) is 0 Å². The van der Waals surface area contributed by atoms with Crippen molar-refractivity contribution in [3.63, 3.8) is 0 Å². The van der Waals surface area contributed by atoms with Crippen LogP contribution in [0.15, 0.2) is 6.20 Å². The lowest BCUT2D eigenvalue weighted by Gasteiger charge is -2.16. The lowest BCUT2D eigenvalue weighted by Crippen LogP contribution is -2.20. The molecular weight excluding hydrogens is 202 g/mol. The molecule has 0 aliphatic heterocycles. The van der Waals surface area contributed by atoms with Crippen molar-refractivity contribution in [3.05, 3.63) is 17.5 Å². The number of aryl methyl sites for hydroxylation is 1. The van der Waals surface area contributed by atoms with E-state index in [2.05, 4.69) is 29.1 Å². The second-order valence-electron chi connectivity index (χ2n) is 4.36. The van der Waals surface area contributed by atoms with Crippen molar-refractivity contribution in [2.45, 2.75) is 40.3 Å². The molecule has 1 aromatic rings. The van der Waals surface area contributed by atoms with Gasteiger partial charge in [-0.2, -0.15) is 0 Å². The van der Waals surface area contributed by atoms with Crippen molar-refractivity contribution < 1.29 is 4.74 Å². The second-order valence-corrected chi connectivity index (χ2v) is 4.36. The predicted molar refractivity (Wildman–Crippen MR) is 64.5 cm³/mol. The minimum absolute atomic E-state index is 0.134. The summed E-state index contributed by atoms with van der Waals surface area (Å²) in [5.74, 6) is 0.459. The van der Waals surface area contributed by atoms with Gasteiger partial charge in [0.2, 0.25) is 0 Å². The van der Waals surface area contributed by atoms with Gasteiger partial charge in [-0.25, -0.2) is 9.97 Å². The molecule has 0 radical (unpaired) electrons. The second kappa shape index (κ2) is 5.80. The molecule has 0 saturated carbocycles. The molecule has 1 rings (SSSR count). The third-order valence-corrected chi connectivity index (χ3v) is 2.66. The Bertz CT molecular complexity index is 339. The number of hydrogen-bond donors (Lipinski definition) is 1. The van der Waals surface area contributed by atoms with Gasteiger partial charge in [0.05, 0.1) is 0 Å². The summed E-state index contributed by atoms with van der Waals surface area (Å²) in [6, 6.07) is 0.471. The molecule has 16 heavy (non-hydrogen) atoms. The lowest BCUT2D eigenvalue weighted by molar-refractivity contribution is 0.155. The molecule has 1 unspecified atom stereocenters. The Morgan fingerprint density at radius 1 is 1.38 bits per heavy atom. The van der Waals surface area contributed by atoms with Crippen LogP contribution in [0.25, 0.3) is 0 Å². The van der Waals surface area contributed by atoms with E-state index in [0.29, 0.717) is 11.9 Å². The van der Waals surface area contributed by atoms with Crippen LogP contribution >= 0.6 is 0 Å². The summed E-state index contributed by atoms with van der Waals surface area (Å²) in [5, 5.41) is 3.08. The SMILES string of the molecule is CNCc1cnc(OC(C)C(C)C)nc1C. The summed E-state index contributed by atoms with van der Waals surface area (Å²) in [7, 11) is 1.91. The smallest absolute Gasteiger partial charge is 0.316 e. The van der Waals surface area contributed by atoms with E-state index >= 15 is 0 Å². The van der Waals surface area contributed by atoms with Crippen LogP contribution in [-0.2, 0) is 6.54 Å². The highest BCUT2D eigenvalue weighted by Crippen LogP contribution is 2.12. The van der Waals surface area contributed by atoms with Crippen molar-refractivity contribution in [3.8, 4) is 6.01 Å². The standard InChI is InChI=1S/C12H21N3O/c1-8(2)10(4)16-12-14-7-11(6-13-5)9(3)15-12/h7-8,10,13H,6H2,1-5H3. The van der Waals surface area contributed by atoms with Crippen LogP contribution in [-0.4, -0.2) is 23.1 Å². The normalized spacial score (nSPS) is 12.9. The molecule has 4 nitrogen and oxygen atoms in total. The first kappa shape index (κ1) is 12.9. The van der Waals surface area contributed by atoms with Crippen molar-refractivity contribution in [1.29, 1.82) is 0 Å². The molecule has 0 spiro atoms. The first-order chi connectivity index (χ1) is 7.54. The number of aromatic nitrogens is 2. The first-order valence-corrected chi connectivity index (χ1v) is 5.68. The summed E-state index contributed by atoms with van der Waals surface area (Å²) in [6.07, 6.45) is 1.95. The summed E-state index contributed by atoms with van der Waals surface area (Å²) in [4.78, 5) is 8.55. The van der Waals surface area contributed by atoms with Crippen molar-refractivity contribution in [1.82, 2.24) is 15.3 Å². The van der Waals surface area contributed by atoms with Crippen molar-refractivity contribution in [2.24, 2.45) is 5.92 Å². The largest absolute Gasteiger partial charge is 0.460 e. The highest BCUT2D eigenvalue weighted by Gasteiger charge is 2.11. The molecule has 90 valence electrons. The molecule has 0 aromatic carbocycles. The van der Waals surface area contributed by atoms with Gasteiger partial charge in [-0.3, -0.25) is 0 Å². The molecule has 1 N–H and O–H groups in total. The van der Waals surface area contributed by atoms with Gasteiger partial charge in [0.15, 0.2) is 0 Å². The van der Waals surface area contributed by atoms with E-state index in [9.17, 15) is 0 Å². The van der Waals surface area contributed by atoms with Gasteiger partial charge >= 0.3 is 6.01 Å². The number of nitrogens with zero attached hydrogens (tertiary/aromatic N) is 2. The summed E-state index contributed by atoms with van der Waals surface area (Å²) in [6.45, 7) is 9.03. The quantitative estimate of drug-likeness (QED) is 0.828. The van der Waals surface area contributed by atoms with Crippen LogP contribution in [0.1, 0.15) is 32.0 Å². The average Bonchev–Trinajstić information content (AvgIpc) is 2.22. The average molecular weight is 223 g/mol. The maximum Gasteiger partial charge on any atom is 0.316 e. The minimum atomic E-state index is 0.134. The van der Waals surface area contributed by atoms with E-state index < -0.39 is 0 Å². The molecule has 1 heterocycles. The summed E-state index contributed by atoms with van der Waals surface area (Å²) >= 11 is 0. The molecule has 0 aliphatic carbocycles. The number of rotatable bonds is 5. The molecule has 0 fully saturated rings. The van der Waals surface area contributed by atoms with Crippen molar-refractivity contribution >= 4 is 0 Å². The van der Waals surface area contributed by atoms with E-state index in [1.165, 1.54) is 0 Å². The molecule has 0 aliphatic rings. The van der Waals surface area contributed by atoms with E-state index in [0.717, 1.165) is 17.8 Å². The number of hydrogen-bond acceptors (Lipinski definition) is 4. The van der Waals surface area contributed by atoms with Gasteiger partial charge in [0.1, 0.15) is 6.10 Å². The Kier molecular flexibility index (Phi) is 4.68. The van der Waals surface area contributed by atoms with Crippen LogP contribution in [0.2, 0.25) is 0 Å². The van der Waals surface area contributed by atoms with Gasteiger partial charge in [-0.1, -0.05) is 13.8 Å². The third-order valence-electron chi connectivity index (χ3n) is 2.66.